The molecule has 1 fully saturated rings. The largest absolute Gasteiger partial charge is 0.384 e. The number of aromatic nitrogens is 4. The fourth-order valence-electron chi connectivity index (χ4n) is 4.71. The maximum absolute atomic E-state index is 6.11. The molecule has 0 saturated carbocycles. The lowest BCUT2D eigenvalue weighted by atomic mass is 10.1. The standard InChI is InChI=1S/C28H39ClN6/c1-2-3-4-7-12-26-32-27(34-28(33-26)35-19-10-6-11-20-35)13-8-5-9-17-30-24-16-18-31-25-21-22(29)14-15-23(24)25/h14-16,18,21H,2-13,17,19-20H2,1H3,(H,30,31). The molecule has 0 radical (unpaired) electrons. The third-order valence-corrected chi connectivity index (χ3v) is 6.94. The van der Waals surface area contributed by atoms with Gasteiger partial charge in [-0.2, -0.15) is 9.97 Å². The average Bonchev–Trinajstić information content (AvgIpc) is 2.89. The van der Waals surface area contributed by atoms with E-state index < -0.39 is 0 Å². The molecule has 6 nitrogen and oxygen atoms in total. The van der Waals surface area contributed by atoms with Gasteiger partial charge >= 0.3 is 0 Å². The zero-order valence-corrected chi connectivity index (χ0v) is 21.9. The van der Waals surface area contributed by atoms with Gasteiger partial charge in [0, 0.05) is 54.8 Å². The van der Waals surface area contributed by atoms with Gasteiger partial charge in [-0.15, -0.1) is 0 Å². The summed E-state index contributed by atoms with van der Waals surface area (Å²) >= 11 is 6.11. The fraction of sp³-hybridized carbons (Fsp3) is 0.571. The molecule has 2 aromatic heterocycles. The monoisotopic (exact) mass is 494 g/mol. The molecule has 1 saturated heterocycles. The van der Waals surface area contributed by atoms with E-state index in [4.69, 9.17) is 26.6 Å². The van der Waals surface area contributed by atoms with Crippen molar-refractivity contribution >= 4 is 34.1 Å². The zero-order valence-electron chi connectivity index (χ0n) is 21.1. The van der Waals surface area contributed by atoms with Crippen molar-refractivity contribution in [3.05, 3.63) is 47.1 Å². The van der Waals surface area contributed by atoms with Gasteiger partial charge in [0.15, 0.2) is 0 Å². The van der Waals surface area contributed by atoms with Crippen LogP contribution in [0.4, 0.5) is 11.6 Å². The van der Waals surface area contributed by atoms with Gasteiger partial charge in [-0.05, 0) is 62.8 Å². The predicted octanol–water partition coefficient (Wildman–Crippen LogP) is 7.01. The number of nitrogens with zero attached hydrogens (tertiary/aromatic N) is 5. The van der Waals surface area contributed by atoms with Gasteiger partial charge in [0.1, 0.15) is 11.6 Å². The second kappa shape index (κ2) is 13.6. The molecule has 4 rings (SSSR count). The molecular weight excluding hydrogens is 456 g/mol. The number of aryl methyl sites for hydroxylation is 2. The molecule has 3 aromatic rings. The van der Waals surface area contributed by atoms with Gasteiger partial charge in [-0.3, -0.25) is 4.98 Å². The van der Waals surface area contributed by atoms with E-state index in [2.05, 4.69) is 22.1 Å². The SMILES string of the molecule is CCCCCCc1nc(CCCCCNc2ccnc3cc(Cl)ccc23)nc(N2CCCCC2)n1. The van der Waals surface area contributed by atoms with Crippen molar-refractivity contribution in [1.82, 2.24) is 19.9 Å². The lowest BCUT2D eigenvalue weighted by molar-refractivity contribution is 0.560. The van der Waals surface area contributed by atoms with Crippen molar-refractivity contribution in [3.8, 4) is 0 Å². The first kappa shape index (κ1) is 25.6. The minimum absolute atomic E-state index is 0.716. The van der Waals surface area contributed by atoms with Crippen molar-refractivity contribution in [2.75, 3.05) is 29.9 Å². The van der Waals surface area contributed by atoms with E-state index in [1.165, 1.54) is 38.5 Å². The van der Waals surface area contributed by atoms with Crippen molar-refractivity contribution < 1.29 is 0 Å². The minimum atomic E-state index is 0.716. The van der Waals surface area contributed by atoms with Crippen LogP contribution < -0.4 is 10.2 Å². The van der Waals surface area contributed by atoms with Crippen LogP contribution in [0.1, 0.15) is 82.8 Å². The summed E-state index contributed by atoms with van der Waals surface area (Å²) < 4.78 is 0. The van der Waals surface area contributed by atoms with E-state index in [0.717, 1.165) is 92.3 Å². The van der Waals surface area contributed by atoms with Crippen LogP contribution >= 0.6 is 11.6 Å². The Morgan fingerprint density at radius 1 is 0.857 bits per heavy atom. The van der Waals surface area contributed by atoms with Crippen molar-refractivity contribution in [2.24, 2.45) is 0 Å². The van der Waals surface area contributed by atoms with Crippen LogP contribution in [0.15, 0.2) is 30.5 Å². The highest BCUT2D eigenvalue weighted by molar-refractivity contribution is 6.31. The minimum Gasteiger partial charge on any atom is -0.384 e. The molecule has 0 bridgehead atoms. The number of halogens is 1. The number of benzene rings is 1. The molecule has 0 atom stereocenters. The van der Waals surface area contributed by atoms with Crippen molar-refractivity contribution in [2.45, 2.75) is 84.0 Å². The molecule has 0 amide bonds. The molecule has 1 aromatic carbocycles. The Balaban J connectivity index is 1.28. The van der Waals surface area contributed by atoms with Gasteiger partial charge in [0.25, 0.3) is 0 Å². The molecule has 7 heteroatoms. The Morgan fingerprint density at radius 3 is 2.34 bits per heavy atom. The van der Waals surface area contributed by atoms with Crippen molar-refractivity contribution in [1.29, 1.82) is 0 Å². The molecule has 188 valence electrons. The molecule has 3 heterocycles. The number of unbranched alkanes of at least 4 members (excludes halogenated alkanes) is 5. The number of anilines is 2. The lowest BCUT2D eigenvalue weighted by Gasteiger charge is -2.27. The molecule has 0 aliphatic carbocycles. The molecule has 1 N–H and O–H groups in total. The second-order valence-corrected chi connectivity index (χ2v) is 10.0. The average molecular weight is 495 g/mol. The number of hydrogen-bond acceptors (Lipinski definition) is 6. The third kappa shape index (κ3) is 7.76. The van der Waals surface area contributed by atoms with E-state index >= 15 is 0 Å². The quantitative estimate of drug-likeness (QED) is 0.258. The van der Waals surface area contributed by atoms with Crippen LogP contribution in [0.5, 0.6) is 0 Å². The first-order valence-corrected chi connectivity index (χ1v) is 13.9. The predicted molar refractivity (Wildman–Crippen MR) is 147 cm³/mol. The first-order valence-electron chi connectivity index (χ1n) is 13.5. The van der Waals surface area contributed by atoms with Crippen LogP contribution in [0.3, 0.4) is 0 Å². The highest BCUT2D eigenvalue weighted by Gasteiger charge is 2.16. The number of piperidine rings is 1. The fourth-order valence-corrected chi connectivity index (χ4v) is 4.87. The molecule has 1 aliphatic rings. The molecule has 0 unspecified atom stereocenters. The Labute approximate surface area is 214 Å². The summed E-state index contributed by atoms with van der Waals surface area (Å²) in [5.74, 6) is 2.86. The number of nitrogens with one attached hydrogen (secondary N) is 1. The molecule has 1 aliphatic heterocycles. The second-order valence-electron chi connectivity index (χ2n) is 9.58. The molecule has 0 spiro atoms. The Morgan fingerprint density at radius 2 is 1.60 bits per heavy atom. The number of rotatable bonds is 13. The summed E-state index contributed by atoms with van der Waals surface area (Å²) in [5, 5.41) is 5.40. The highest BCUT2D eigenvalue weighted by Crippen LogP contribution is 2.24. The van der Waals surface area contributed by atoms with Crippen LogP contribution in [-0.2, 0) is 12.8 Å². The van der Waals surface area contributed by atoms with E-state index in [1.807, 2.05) is 30.5 Å². The van der Waals surface area contributed by atoms with Crippen LogP contribution in [0.2, 0.25) is 5.02 Å². The normalized spacial score (nSPS) is 13.9. The van der Waals surface area contributed by atoms with Gasteiger partial charge in [0.2, 0.25) is 5.95 Å². The maximum atomic E-state index is 6.11. The van der Waals surface area contributed by atoms with E-state index in [-0.39, 0.29) is 0 Å². The van der Waals surface area contributed by atoms with Crippen LogP contribution in [0.25, 0.3) is 10.9 Å². The maximum Gasteiger partial charge on any atom is 0.228 e. The summed E-state index contributed by atoms with van der Waals surface area (Å²) in [6, 6.07) is 7.90. The van der Waals surface area contributed by atoms with E-state index in [1.54, 1.807) is 0 Å². The smallest absolute Gasteiger partial charge is 0.228 e. The van der Waals surface area contributed by atoms with Crippen LogP contribution in [-0.4, -0.2) is 39.6 Å². The molecule has 35 heavy (non-hydrogen) atoms. The summed E-state index contributed by atoms with van der Waals surface area (Å²) in [6.07, 6.45) is 15.8. The number of fused-ring (bicyclic) bond motifs is 1. The zero-order chi connectivity index (χ0) is 24.3. The van der Waals surface area contributed by atoms with Gasteiger partial charge in [0.05, 0.1) is 5.52 Å². The highest BCUT2D eigenvalue weighted by atomic mass is 35.5. The van der Waals surface area contributed by atoms with Gasteiger partial charge < -0.3 is 10.2 Å². The summed E-state index contributed by atoms with van der Waals surface area (Å²) in [5.41, 5.74) is 2.04. The van der Waals surface area contributed by atoms with E-state index in [9.17, 15) is 0 Å². The van der Waals surface area contributed by atoms with Crippen molar-refractivity contribution in [3.63, 3.8) is 0 Å². The molecular formula is C28H39ClN6. The lowest BCUT2D eigenvalue weighted by Crippen LogP contribution is -2.31. The Kier molecular flexibility index (Phi) is 9.94. The summed E-state index contributed by atoms with van der Waals surface area (Å²) in [6.45, 7) is 5.32. The third-order valence-electron chi connectivity index (χ3n) is 6.71. The summed E-state index contributed by atoms with van der Waals surface area (Å²) in [7, 11) is 0. The Bertz CT molecular complexity index is 1070. The Hall–Kier alpha value is -2.47. The first-order chi connectivity index (χ1) is 17.2. The number of hydrogen-bond donors (Lipinski definition) is 1. The topological polar surface area (TPSA) is 66.8 Å². The van der Waals surface area contributed by atoms with Crippen LogP contribution in [0, 0.1) is 0 Å². The number of pyridine rings is 1. The van der Waals surface area contributed by atoms with Gasteiger partial charge in [-0.1, -0.05) is 44.2 Å². The summed E-state index contributed by atoms with van der Waals surface area (Å²) in [4.78, 5) is 21.4. The van der Waals surface area contributed by atoms with Gasteiger partial charge in [-0.25, -0.2) is 4.98 Å². The van der Waals surface area contributed by atoms with E-state index in [0.29, 0.717) is 5.02 Å².